The Morgan fingerprint density at radius 3 is 2.95 bits per heavy atom. The summed E-state index contributed by atoms with van der Waals surface area (Å²) in [5.74, 6) is 0.420. The van der Waals surface area contributed by atoms with Crippen molar-refractivity contribution in [1.82, 2.24) is 4.57 Å². The molecule has 1 aromatic carbocycles. The van der Waals surface area contributed by atoms with Crippen molar-refractivity contribution in [2.75, 3.05) is 5.32 Å². The van der Waals surface area contributed by atoms with Gasteiger partial charge in [-0.1, -0.05) is 13.3 Å². The molecule has 1 fully saturated rings. The van der Waals surface area contributed by atoms with E-state index in [2.05, 4.69) is 35.1 Å². The van der Waals surface area contributed by atoms with Crippen LogP contribution in [-0.2, 0) is 11.3 Å². The van der Waals surface area contributed by atoms with Gasteiger partial charge in [0, 0.05) is 41.8 Å². The fourth-order valence-corrected chi connectivity index (χ4v) is 3.48. The maximum absolute atomic E-state index is 12.2. The zero-order valence-corrected chi connectivity index (χ0v) is 13.2. The Hall–Kier alpha value is -1.81. The van der Waals surface area contributed by atoms with E-state index in [0.29, 0.717) is 12.3 Å². The topological polar surface area (TPSA) is 60.0 Å². The standard InChI is InChI=1S/C18H25N3O/c1-2-9-21-10-8-14-11-15(6-7-17(14)21)20-18(22)12-13-4-3-5-16(13)19/h6-8,10-11,13,16H,2-5,9,12,19H2,1H3,(H,20,22)/t13-,16+/m0/s1. The zero-order chi connectivity index (χ0) is 15.5. The normalized spacial score (nSPS) is 21.4. The van der Waals surface area contributed by atoms with Crippen molar-refractivity contribution < 1.29 is 4.79 Å². The van der Waals surface area contributed by atoms with Gasteiger partial charge in [-0.15, -0.1) is 0 Å². The van der Waals surface area contributed by atoms with Gasteiger partial charge in [0.2, 0.25) is 5.91 Å². The first-order chi connectivity index (χ1) is 10.7. The second-order valence-electron chi connectivity index (χ2n) is 6.39. The van der Waals surface area contributed by atoms with Crippen LogP contribution in [0.5, 0.6) is 0 Å². The molecule has 1 aliphatic rings. The second-order valence-corrected chi connectivity index (χ2v) is 6.39. The van der Waals surface area contributed by atoms with Gasteiger partial charge in [-0.3, -0.25) is 4.79 Å². The molecule has 0 unspecified atom stereocenters. The number of anilines is 1. The Kier molecular flexibility index (Phi) is 4.48. The summed E-state index contributed by atoms with van der Waals surface area (Å²) in [6, 6.07) is 8.42. The number of aryl methyl sites for hydroxylation is 1. The number of aromatic nitrogens is 1. The number of nitrogens with two attached hydrogens (primary N) is 1. The molecule has 1 aliphatic carbocycles. The first-order valence-electron chi connectivity index (χ1n) is 8.31. The molecule has 0 spiro atoms. The van der Waals surface area contributed by atoms with Crippen LogP contribution < -0.4 is 11.1 Å². The SMILES string of the molecule is CCCn1ccc2cc(NC(=O)C[C@@H]3CCC[C@H]3N)ccc21. The first-order valence-corrected chi connectivity index (χ1v) is 8.31. The van der Waals surface area contributed by atoms with Gasteiger partial charge in [0.15, 0.2) is 0 Å². The lowest BCUT2D eigenvalue weighted by atomic mass is 10.00. The summed E-state index contributed by atoms with van der Waals surface area (Å²) in [4.78, 5) is 12.2. The van der Waals surface area contributed by atoms with Crippen LogP contribution in [0.15, 0.2) is 30.5 Å². The number of amides is 1. The summed E-state index contributed by atoms with van der Waals surface area (Å²) in [5.41, 5.74) is 8.14. The van der Waals surface area contributed by atoms with Crippen molar-refractivity contribution in [1.29, 1.82) is 0 Å². The molecule has 4 nitrogen and oxygen atoms in total. The van der Waals surface area contributed by atoms with Crippen molar-refractivity contribution in [3.05, 3.63) is 30.5 Å². The summed E-state index contributed by atoms with van der Waals surface area (Å²) < 4.78 is 2.25. The molecule has 2 atom stereocenters. The van der Waals surface area contributed by atoms with E-state index in [1.54, 1.807) is 0 Å². The predicted octanol–water partition coefficient (Wildman–Crippen LogP) is 3.51. The fraction of sp³-hybridized carbons (Fsp3) is 0.500. The average Bonchev–Trinajstić information content (AvgIpc) is 3.07. The summed E-state index contributed by atoms with van der Waals surface area (Å²) in [5, 5.41) is 4.19. The molecule has 0 radical (unpaired) electrons. The van der Waals surface area contributed by atoms with Gasteiger partial charge in [-0.25, -0.2) is 0 Å². The number of nitrogens with one attached hydrogen (secondary N) is 1. The molecule has 0 saturated heterocycles. The molecule has 0 bridgehead atoms. The van der Waals surface area contributed by atoms with E-state index in [9.17, 15) is 4.79 Å². The van der Waals surface area contributed by atoms with Crippen molar-refractivity contribution in [3.63, 3.8) is 0 Å². The summed E-state index contributed by atoms with van der Waals surface area (Å²) in [7, 11) is 0. The third-order valence-electron chi connectivity index (χ3n) is 4.68. The number of hydrogen-bond acceptors (Lipinski definition) is 2. The lowest BCUT2D eigenvalue weighted by molar-refractivity contribution is -0.117. The van der Waals surface area contributed by atoms with Gasteiger partial charge in [-0.05, 0) is 49.4 Å². The van der Waals surface area contributed by atoms with Gasteiger partial charge in [0.1, 0.15) is 0 Å². The third-order valence-corrected chi connectivity index (χ3v) is 4.68. The summed E-state index contributed by atoms with van der Waals surface area (Å²) >= 11 is 0. The molecule has 118 valence electrons. The van der Waals surface area contributed by atoms with Crippen molar-refractivity contribution in [2.24, 2.45) is 11.7 Å². The lowest BCUT2D eigenvalue weighted by Crippen LogP contribution is -2.28. The fourth-order valence-electron chi connectivity index (χ4n) is 3.48. The highest BCUT2D eigenvalue weighted by Gasteiger charge is 2.26. The van der Waals surface area contributed by atoms with E-state index in [4.69, 9.17) is 5.73 Å². The number of hydrogen-bond donors (Lipinski definition) is 2. The first kappa shape index (κ1) is 15.1. The third kappa shape index (κ3) is 3.17. The number of fused-ring (bicyclic) bond motifs is 1. The van der Waals surface area contributed by atoms with E-state index in [1.807, 2.05) is 12.1 Å². The van der Waals surface area contributed by atoms with Gasteiger partial charge in [0.25, 0.3) is 0 Å². The largest absolute Gasteiger partial charge is 0.347 e. The molecule has 2 aromatic rings. The zero-order valence-electron chi connectivity index (χ0n) is 13.2. The monoisotopic (exact) mass is 299 g/mol. The molecular weight excluding hydrogens is 274 g/mol. The Morgan fingerprint density at radius 2 is 2.23 bits per heavy atom. The predicted molar refractivity (Wildman–Crippen MR) is 90.8 cm³/mol. The maximum atomic E-state index is 12.2. The van der Waals surface area contributed by atoms with Gasteiger partial charge < -0.3 is 15.6 Å². The highest BCUT2D eigenvalue weighted by Crippen LogP contribution is 2.27. The van der Waals surface area contributed by atoms with E-state index in [1.165, 1.54) is 10.9 Å². The van der Waals surface area contributed by atoms with E-state index in [-0.39, 0.29) is 11.9 Å². The molecule has 3 N–H and O–H groups in total. The van der Waals surface area contributed by atoms with Crippen LogP contribution in [0.2, 0.25) is 0 Å². The molecule has 1 saturated carbocycles. The minimum absolute atomic E-state index is 0.0784. The summed E-state index contributed by atoms with van der Waals surface area (Å²) in [6.45, 7) is 3.20. The number of carbonyl (C=O) groups is 1. The molecule has 0 aliphatic heterocycles. The quantitative estimate of drug-likeness (QED) is 0.887. The van der Waals surface area contributed by atoms with Crippen LogP contribution in [0.4, 0.5) is 5.69 Å². The molecule has 22 heavy (non-hydrogen) atoms. The summed E-state index contributed by atoms with van der Waals surface area (Å²) in [6.07, 6.45) is 7.04. The maximum Gasteiger partial charge on any atom is 0.224 e. The highest BCUT2D eigenvalue weighted by atomic mass is 16.1. The minimum atomic E-state index is 0.0784. The number of carbonyl (C=O) groups excluding carboxylic acids is 1. The van der Waals surface area contributed by atoms with E-state index in [0.717, 1.165) is 37.9 Å². The van der Waals surface area contributed by atoms with Crippen LogP contribution in [0, 0.1) is 5.92 Å². The number of nitrogens with zero attached hydrogens (tertiary/aromatic N) is 1. The smallest absolute Gasteiger partial charge is 0.224 e. The Labute approximate surface area is 131 Å². The Balaban J connectivity index is 1.67. The molecule has 1 heterocycles. The highest BCUT2D eigenvalue weighted by molar-refractivity contribution is 5.94. The molecule has 4 heteroatoms. The Morgan fingerprint density at radius 1 is 1.36 bits per heavy atom. The number of benzene rings is 1. The molecule has 3 rings (SSSR count). The van der Waals surface area contributed by atoms with Crippen LogP contribution in [0.1, 0.15) is 39.0 Å². The Bertz CT molecular complexity index is 661. The number of rotatable bonds is 5. The van der Waals surface area contributed by atoms with Crippen LogP contribution in [0.25, 0.3) is 10.9 Å². The van der Waals surface area contributed by atoms with E-state index < -0.39 is 0 Å². The van der Waals surface area contributed by atoms with Crippen LogP contribution in [0.3, 0.4) is 0 Å². The van der Waals surface area contributed by atoms with Gasteiger partial charge in [-0.2, -0.15) is 0 Å². The van der Waals surface area contributed by atoms with Gasteiger partial charge >= 0.3 is 0 Å². The average molecular weight is 299 g/mol. The van der Waals surface area contributed by atoms with E-state index >= 15 is 0 Å². The van der Waals surface area contributed by atoms with Crippen LogP contribution in [-0.4, -0.2) is 16.5 Å². The molecule has 1 aromatic heterocycles. The van der Waals surface area contributed by atoms with Gasteiger partial charge in [0.05, 0.1) is 0 Å². The minimum Gasteiger partial charge on any atom is -0.347 e. The molecular formula is C18H25N3O. The lowest BCUT2D eigenvalue weighted by Gasteiger charge is -2.14. The van der Waals surface area contributed by atoms with Crippen molar-refractivity contribution in [2.45, 2.75) is 51.6 Å². The van der Waals surface area contributed by atoms with Crippen molar-refractivity contribution >= 4 is 22.5 Å². The van der Waals surface area contributed by atoms with Crippen LogP contribution >= 0.6 is 0 Å². The van der Waals surface area contributed by atoms with Crippen molar-refractivity contribution in [3.8, 4) is 0 Å². The molecule has 1 amide bonds. The second kappa shape index (κ2) is 6.53.